The van der Waals surface area contributed by atoms with Crippen molar-refractivity contribution in [1.82, 2.24) is 4.98 Å². The van der Waals surface area contributed by atoms with E-state index < -0.39 is 5.25 Å². The molecule has 1 aromatic heterocycles. The molecule has 6 heteroatoms. The van der Waals surface area contributed by atoms with Crippen LogP contribution in [-0.2, 0) is 22.4 Å². The van der Waals surface area contributed by atoms with Crippen LogP contribution in [-0.4, -0.2) is 22.0 Å². The zero-order chi connectivity index (χ0) is 24.5. The quantitative estimate of drug-likeness (QED) is 0.432. The Hall–Kier alpha value is -3.43. The summed E-state index contributed by atoms with van der Waals surface area (Å²) in [6, 6.07) is 22.2. The molecule has 0 saturated carbocycles. The second-order valence-corrected chi connectivity index (χ2v) is 10.7. The Morgan fingerprint density at radius 1 is 1.06 bits per heavy atom. The minimum atomic E-state index is -0.578. The van der Waals surface area contributed by atoms with Crippen molar-refractivity contribution < 1.29 is 9.59 Å². The third-order valence-corrected chi connectivity index (χ3v) is 8.11. The molecule has 1 saturated heterocycles. The SMILES string of the molecule is CC(C)c1ccc(N2C(=O)CC(Sc3nc4c(cc3C#N)CC(c3ccccc3)CC4)C2=O)cc1. The normalized spacial score (nSPS) is 19.7. The van der Waals surface area contributed by atoms with Crippen molar-refractivity contribution in [2.24, 2.45) is 0 Å². The number of hydrogen-bond donors (Lipinski definition) is 0. The van der Waals surface area contributed by atoms with Gasteiger partial charge in [0.2, 0.25) is 11.8 Å². The lowest BCUT2D eigenvalue weighted by atomic mass is 9.82. The molecule has 2 aromatic carbocycles. The van der Waals surface area contributed by atoms with Gasteiger partial charge < -0.3 is 0 Å². The maximum atomic E-state index is 13.2. The highest BCUT2D eigenvalue weighted by atomic mass is 32.2. The molecule has 0 bridgehead atoms. The van der Waals surface area contributed by atoms with Gasteiger partial charge in [-0.15, -0.1) is 0 Å². The fourth-order valence-electron chi connectivity index (χ4n) is 4.94. The molecule has 3 aromatic rings. The summed E-state index contributed by atoms with van der Waals surface area (Å²) in [4.78, 5) is 32.1. The van der Waals surface area contributed by atoms with Gasteiger partial charge in [-0.25, -0.2) is 9.88 Å². The van der Waals surface area contributed by atoms with Gasteiger partial charge in [-0.2, -0.15) is 5.26 Å². The number of fused-ring (bicyclic) bond motifs is 1. The van der Waals surface area contributed by atoms with E-state index >= 15 is 0 Å². The summed E-state index contributed by atoms with van der Waals surface area (Å²) in [7, 11) is 0. The van der Waals surface area contributed by atoms with Crippen LogP contribution < -0.4 is 4.90 Å². The topological polar surface area (TPSA) is 74.1 Å². The van der Waals surface area contributed by atoms with Crippen molar-refractivity contribution in [2.75, 3.05) is 4.90 Å². The van der Waals surface area contributed by atoms with Gasteiger partial charge >= 0.3 is 0 Å². The van der Waals surface area contributed by atoms with E-state index in [4.69, 9.17) is 4.98 Å². The molecule has 2 atom stereocenters. The zero-order valence-electron chi connectivity index (χ0n) is 19.9. The average molecular weight is 482 g/mol. The fourth-order valence-corrected chi connectivity index (χ4v) is 6.03. The highest BCUT2D eigenvalue weighted by Gasteiger charge is 2.41. The first-order valence-corrected chi connectivity index (χ1v) is 12.9. The Kier molecular flexibility index (Phi) is 6.44. The van der Waals surface area contributed by atoms with Gasteiger partial charge in [0.1, 0.15) is 11.1 Å². The predicted molar refractivity (Wildman–Crippen MR) is 137 cm³/mol. The predicted octanol–water partition coefficient (Wildman–Crippen LogP) is 5.77. The summed E-state index contributed by atoms with van der Waals surface area (Å²) < 4.78 is 0. The average Bonchev–Trinajstić information content (AvgIpc) is 3.16. The highest BCUT2D eigenvalue weighted by Crippen LogP contribution is 2.38. The Labute approximate surface area is 210 Å². The minimum absolute atomic E-state index is 0.106. The van der Waals surface area contributed by atoms with E-state index in [0.29, 0.717) is 28.1 Å². The molecular weight excluding hydrogens is 454 g/mol. The smallest absolute Gasteiger partial charge is 0.247 e. The van der Waals surface area contributed by atoms with Crippen LogP contribution in [0.15, 0.2) is 65.7 Å². The zero-order valence-corrected chi connectivity index (χ0v) is 20.7. The molecule has 2 aliphatic rings. The molecular formula is C29H27N3O2S. The Morgan fingerprint density at radius 2 is 1.80 bits per heavy atom. The van der Waals surface area contributed by atoms with Crippen molar-refractivity contribution in [1.29, 1.82) is 5.26 Å². The largest absolute Gasteiger partial charge is 0.274 e. The highest BCUT2D eigenvalue weighted by molar-refractivity contribution is 8.00. The standard InChI is InChI=1S/C29H27N3O2S/c1-18(2)19-8-11-24(12-9-19)32-27(33)16-26(29(32)34)35-28-23(17-30)15-22-14-21(10-13-25(22)31-28)20-6-4-3-5-7-20/h3-9,11-12,15,18,21,26H,10,13-14,16H2,1-2H3. The van der Waals surface area contributed by atoms with Gasteiger partial charge in [-0.3, -0.25) is 9.59 Å². The van der Waals surface area contributed by atoms with Crippen LogP contribution in [0.4, 0.5) is 5.69 Å². The van der Waals surface area contributed by atoms with Gasteiger partial charge in [0, 0.05) is 12.1 Å². The second kappa shape index (κ2) is 9.67. The molecule has 5 nitrogen and oxygen atoms in total. The van der Waals surface area contributed by atoms with E-state index in [-0.39, 0.29) is 18.2 Å². The van der Waals surface area contributed by atoms with Crippen LogP contribution in [0.25, 0.3) is 0 Å². The number of anilines is 1. The van der Waals surface area contributed by atoms with Crippen molar-refractivity contribution in [3.63, 3.8) is 0 Å². The Bertz CT molecular complexity index is 1310. The molecule has 35 heavy (non-hydrogen) atoms. The lowest BCUT2D eigenvalue weighted by Gasteiger charge is -2.25. The third kappa shape index (κ3) is 4.61. The van der Waals surface area contributed by atoms with E-state index in [0.717, 1.165) is 36.1 Å². The molecule has 0 N–H and O–H groups in total. The van der Waals surface area contributed by atoms with Gasteiger partial charge in [0.25, 0.3) is 0 Å². The first-order valence-electron chi connectivity index (χ1n) is 12.1. The number of thioether (sulfide) groups is 1. The monoisotopic (exact) mass is 481 g/mol. The first kappa shape index (κ1) is 23.3. The summed E-state index contributed by atoms with van der Waals surface area (Å²) in [6.45, 7) is 4.21. The van der Waals surface area contributed by atoms with Crippen molar-refractivity contribution in [2.45, 2.75) is 61.6 Å². The van der Waals surface area contributed by atoms with E-state index in [9.17, 15) is 14.9 Å². The summed E-state index contributed by atoms with van der Waals surface area (Å²) in [5, 5.41) is 9.80. The second-order valence-electron chi connectivity index (χ2n) is 9.53. The van der Waals surface area contributed by atoms with E-state index in [2.05, 4.69) is 44.2 Å². The molecule has 5 rings (SSSR count). The first-order chi connectivity index (χ1) is 16.9. The van der Waals surface area contributed by atoms with Gasteiger partial charge in [-0.1, -0.05) is 68.1 Å². The molecule has 0 radical (unpaired) electrons. The van der Waals surface area contributed by atoms with Crippen molar-refractivity contribution in [3.05, 3.63) is 88.6 Å². The number of imide groups is 1. The van der Waals surface area contributed by atoms with Crippen LogP contribution in [0.2, 0.25) is 0 Å². The summed E-state index contributed by atoms with van der Waals surface area (Å²) >= 11 is 1.25. The maximum Gasteiger partial charge on any atom is 0.247 e. The summed E-state index contributed by atoms with van der Waals surface area (Å²) in [5.41, 5.74) is 5.64. The van der Waals surface area contributed by atoms with Crippen LogP contribution in [0, 0.1) is 11.3 Å². The number of nitrogens with zero attached hydrogens (tertiary/aromatic N) is 3. The third-order valence-electron chi connectivity index (χ3n) is 6.92. The summed E-state index contributed by atoms with van der Waals surface area (Å²) in [5.74, 6) is 0.330. The van der Waals surface area contributed by atoms with Gasteiger partial charge in [0.05, 0.1) is 16.5 Å². The number of benzene rings is 2. The molecule has 1 fully saturated rings. The number of rotatable bonds is 5. The number of amides is 2. The molecule has 1 aliphatic carbocycles. The van der Waals surface area contributed by atoms with Crippen molar-refractivity contribution in [3.8, 4) is 6.07 Å². The lowest BCUT2D eigenvalue weighted by molar-refractivity contribution is -0.121. The molecule has 0 spiro atoms. The number of pyridine rings is 1. The van der Waals surface area contributed by atoms with Crippen LogP contribution in [0.5, 0.6) is 0 Å². The lowest BCUT2D eigenvalue weighted by Crippen LogP contribution is -2.31. The van der Waals surface area contributed by atoms with Gasteiger partial charge in [-0.05, 0) is 66.0 Å². The van der Waals surface area contributed by atoms with Crippen LogP contribution in [0.1, 0.15) is 66.5 Å². The maximum absolute atomic E-state index is 13.2. The van der Waals surface area contributed by atoms with E-state index in [1.807, 2.05) is 36.4 Å². The molecule has 2 amide bonds. The summed E-state index contributed by atoms with van der Waals surface area (Å²) in [6.07, 6.45) is 2.79. The van der Waals surface area contributed by atoms with Crippen molar-refractivity contribution >= 4 is 29.3 Å². The van der Waals surface area contributed by atoms with Crippen LogP contribution >= 0.6 is 11.8 Å². The van der Waals surface area contributed by atoms with E-state index in [1.54, 1.807) is 0 Å². The molecule has 2 unspecified atom stereocenters. The number of carbonyl (C=O) groups is 2. The molecule has 1 aliphatic heterocycles. The minimum Gasteiger partial charge on any atom is -0.274 e. The molecule has 2 heterocycles. The van der Waals surface area contributed by atoms with Gasteiger partial charge in [0.15, 0.2) is 0 Å². The number of aryl methyl sites for hydroxylation is 1. The Morgan fingerprint density at radius 3 is 2.49 bits per heavy atom. The number of hydrogen-bond acceptors (Lipinski definition) is 5. The molecule has 176 valence electrons. The number of carbonyl (C=O) groups excluding carboxylic acids is 2. The Balaban J connectivity index is 1.35. The van der Waals surface area contributed by atoms with Crippen LogP contribution in [0.3, 0.4) is 0 Å². The number of aromatic nitrogens is 1. The van der Waals surface area contributed by atoms with E-state index in [1.165, 1.54) is 22.2 Å². The fraction of sp³-hybridized carbons (Fsp3) is 0.310. The number of nitriles is 1.